The summed E-state index contributed by atoms with van der Waals surface area (Å²) in [4.78, 5) is -1.74. The number of halogens is 8. The van der Waals surface area contributed by atoms with Gasteiger partial charge in [-0.05, 0) is 12.8 Å². The number of hydrogen-bond acceptors (Lipinski definition) is 0. The fraction of sp³-hybridized carbons (Fsp3) is 1.00. The number of alkyl halides is 8. The summed E-state index contributed by atoms with van der Waals surface area (Å²) >= 11 is 50.3. The molecule has 0 aromatic rings. The lowest BCUT2D eigenvalue weighted by Gasteiger charge is -2.46. The lowest BCUT2D eigenvalue weighted by molar-refractivity contribution is 0.130. The van der Waals surface area contributed by atoms with Crippen LogP contribution in [0, 0.1) is 16.7 Å². The molecule has 0 aromatic carbocycles. The van der Waals surface area contributed by atoms with Crippen LogP contribution in [0.5, 0.6) is 0 Å². The highest BCUT2D eigenvalue weighted by atomic mass is 35.5. The van der Waals surface area contributed by atoms with Gasteiger partial charge in [0.25, 0.3) is 0 Å². The first-order valence-electron chi connectivity index (χ1n) is 5.25. The SMILES string of the molecule is CC12CC(Cl)(Cl)C(CC1(Cl)Cl)C2(C(Cl)Cl)C(Cl)Cl. The molecule has 2 saturated carbocycles. The molecule has 0 aliphatic heterocycles. The van der Waals surface area contributed by atoms with Gasteiger partial charge in [0.1, 0.15) is 18.3 Å². The summed E-state index contributed by atoms with van der Waals surface area (Å²) in [5, 5.41) is 0. The van der Waals surface area contributed by atoms with E-state index in [0.717, 1.165) is 0 Å². The van der Waals surface area contributed by atoms with Crippen molar-refractivity contribution in [3.05, 3.63) is 0 Å². The molecule has 18 heavy (non-hydrogen) atoms. The highest BCUT2D eigenvalue weighted by molar-refractivity contribution is 6.54. The first-order chi connectivity index (χ1) is 7.93. The maximum atomic E-state index is 6.42. The standard InChI is InChI=1S/C10H10Cl8/c1-7-3-8(15,16)4(2-9(7,17)18)10(7,5(11)12)6(13)14/h4-6H,2-3H2,1H3. The van der Waals surface area contributed by atoms with Crippen LogP contribution in [0.3, 0.4) is 0 Å². The maximum Gasteiger partial charge on any atom is 0.124 e. The van der Waals surface area contributed by atoms with Gasteiger partial charge in [-0.2, -0.15) is 0 Å². The Bertz CT molecular complexity index is 355. The van der Waals surface area contributed by atoms with Gasteiger partial charge in [-0.1, -0.05) is 6.92 Å². The Hall–Kier alpha value is 2.32. The Labute approximate surface area is 146 Å². The zero-order valence-corrected chi connectivity index (χ0v) is 15.2. The summed E-state index contributed by atoms with van der Waals surface area (Å²) in [5.41, 5.74) is -1.70. The fourth-order valence-electron chi connectivity index (χ4n) is 3.61. The minimum absolute atomic E-state index is 0.340. The smallest absolute Gasteiger partial charge is 0.105 e. The van der Waals surface area contributed by atoms with Crippen LogP contribution in [-0.4, -0.2) is 18.3 Å². The molecule has 0 spiro atoms. The van der Waals surface area contributed by atoms with E-state index in [1.54, 1.807) is 0 Å². The van der Waals surface area contributed by atoms with E-state index < -0.39 is 29.2 Å². The van der Waals surface area contributed by atoms with Crippen molar-refractivity contribution < 1.29 is 0 Å². The number of rotatable bonds is 2. The van der Waals surface area contributed by atoms with Gasteiger partial charge < -0.3 is 0 Å². The number of fused-ring (bicyclic) bond motifs is 2. The second-order valence-electron chi connectivity index (χ2n) is 5.27. The molecule has 2 fully saturated rings. The predicted molar refractivity (Wildman–Crippen MR) is 83.1 cm³/mol. The summed E-state index contributed by atoms with van der Waals surface area (Å²) < 4.78 is -2.10. The van der Waals surface area contributed by atoms with E-state index >= 15 is 0 Å². The Morgan fingerprint density at radius 3 is 1.61 bits per heavy atom. The van der Waals surface area contributed by atoms with E-state index in [9.17, 15) is 0 Å². The third-order valence-corrected chi connectivity index (χ3v) is 8.00. The molecule has 0 aromatic heterocycles. The van der Waals surface area contributed by atoms with Crippen LogP contribution in [0.15, 0.2) is 0 Å². The van der Waals surface area contributed by atoms with Gasteiger partial charge in [0.2, 0.25) is 0 Å². The lowest BCUT2D eigenvalue weighted by atomic mass is 9.70. The van der Waals surface area contributed by atoms with Crippen LogP contribution in [0.25, 0.3) is 0 Å². The molecule has 0 nitrogen and oxygen atoms in total. The minimum atomic E-state index is -1.06. The van der Waals surface area contributed by atoms with Crippen molar-refractivity contribution in [1.82, 2.24) is 0 Å². The molecule has 8 heteroatoms. The van der Waals surface area contributed by atoms with Gasteiger partial charge in [-0.25, -0.2) is 0 Å². The average molecular weight is 414 g/mol. The van der Waals surface area contributed by atoms with Crippen LogP contribution >= 0.6 is 92.8 Å². The molecule has 2 atom stereocenters. The van der Waals surface area contributed by atoms with Crippen molar-refractivity contribution in [2.24, 2.45) is 16.7 Å². The predicted octanol–water partition coefficient (Wildman–Crippen LogP) is 6.36. The minimum Gasteiger partial charge on any atom is -0.105 e. The van der Waals surface area contributed by atoms with Crippen molar-refractivity contribution >= 4 is 92.8 Å². The molecule has 0 N–H and O–H groups in total. The fourth-order valence-corrected chi connectivity index (χ4v) is 7.76. The average Bonchev–Trinajstić information content (AvgIpc) is 2.41. The Morgan fingerprint density at radius 1 is 0.944 bits per heavy atom. The molecule has 106 valence electrons. The summed E-state index contributed by atoms with van der Waals surface area (Å²) in [5.74, 6) is -0.367. The van der Waals surface area contributed by atoms with E-state index in [2.05, 4.69) is 0 Å². The molecular weight excluding hydrogens is 404 g/mol. The van der Waals surface area contributed by atoms with Crippen molar-refractivity contribution in [1.29, 1.82) is 0 Å². The topological polar surface area (TPSA) is 0 Å². The summed E-state index contributed by atoms with van der Waals surface area (Å²) in [6.07, 6.45) is 0.693. The second-order valence-corrected chi connectivity index (χ2v) is 10.5. The molecule has 0 radical (unpaired) electrons. The van der Waals surface area contributed by atoms with Gasteiger partial charge in [0.15, 0.2) is 0 Å². The van der Waals surface area contributed by atoms with Gasteiger partial charge in [0, 0.05) is 16.7 Å². The summed E-state index contributed by atoms with van der Waals surface area (Å²) in [6.45, 7) is 1.84. The monoisotopic (exact) mass is 410 g/mol. The molecule has 2 unspecified atom stereocenters. The number of hydrogen-bond donors (Lipinski definition) is 0. The largest absolute Gasteiger partial charge is 0.124 e. The van der Waals surface area contributed by atoms with Crippen LogP contribution in [0.2, 0.25) is 0 Å². The molecular formula is C10H10Cl8. The van der Waals surface area contributed by atoms with Crippen molar-refractivity contribution in [3.63, 3.8) is 0 Å². The van der Waals surface area contributed by atoms with E-state index in [1.807, 2.05) is 6.92 Å². The van der Waals surface area contributed by atoms with Gasteiger partial charge >= 0.3 is 0 Å². The van der Waals surface area contributed by atoms with Gasteiger partial charge in [0.05, 0.1) is 0 Å². The lowest BCUT2D eigenvalue weighted by Crippen LogP contribution is -2.49. The third kappa shape index (κ3) is 1.80. The highest BCUT2D eigenvalue weighted by Crippen LogP contribution is 2.81. The molecule has 2 rings (SSSR count). The third-order valence-electron chi connectivity index (χ3n) is 4.62. The molecule has 0 saturated heterocycles. The van der Waals surface area contributed by atoms with Crippen molar-refractivity contribution in [2.75, 3.05) is 0 Å². The first-order valence-corrected chi connectivity index (χ1v) is 8.51. The van der Waals surface area contributed by atoms with Gasteiger partial charge in [-0.3, -0.25) is 0 Å². The maximum absolute atomic E-state index is 6.42. The van der Waals surface area contributed by atoms with E-state index in [-0.39, 0.29) is 5.92 Å². The molecule has 2 bridgehead atoms. The van der Waals surface area contributed by atoms with Crippen LogP contribution in [0.1, 0.15) is 19.8 Å². The van der Waals surface area contributed by atoms with E-state index in [1.165, 1.54) is 0 Å². The Kier molecular flexibility index (Phi) is 4.32. The molecule has 2 aliphatic carbocycles. The zero-order chi connectivity index (χ0) is 14.1. The summed E-state index contributed by atoms with van der Waals surface area (Å²) in [7, 11) is 0. The van der Waals surface area contributed by atoms with Crippen molar-refractivity contribution in [3.8, 4) is 0 Å². The Morgan fingerprint density at radius 2 is 1.39 bits per heavy atom. The molecule has 0 heterocycles. The Balaban J connectivity index is 2.67. The molecule has 2 aliphatic rings. The second kappa shape index (κ2) is 4.66. The normalized spacial score (nSPS) is 39.8. The molecule has 0 amide bonds. The quantitative estimate of drug-likeness (QED) is 0.462. The zero-order valence-electron chi connectivity index (χ0n) is 9.17. The van der Waals surface area contributed by atoms with Crippen LogP contribution in [0.4, 0.5) is 0 Å². The summed E-state index contributed by atoms with van der Waals surface area (Å²) in [6, 6.07) is 0. The van der Waals surface area contributed by atoms with E-state index in [0.29, 0.717) is 12.8 Å². The van der Waals surface area contributed by atoms with Crippen LogP contribution < -0.4 is 0 Å². The van der Waals surface area contributed by atoms with Crippen LogP contribution in [-0.2, 0) is 0 Å². The van der Waals surface area contributed by atoms with Crippen molar-refractivity contribution in [2.45, 2.75) is 38.1 Å². The van der Waals surface area contributed by atoms with E-state index in [4.69, 9.17) is 92.8 Å². The first kappa shape index (κ1) is 16.7. The highest BCUT2D eigenvalue weighted by Gasteiger charge is 2.82. The van der Waals surface area contributed by atoms with Gasteiger partial charge in [-0.15, -0.1) is 92.8 Å².